The van der Waals surface area contributed by atoms with Crippen LogP contribution in [0.25, 0.3) is 0 Å². The van der Waals surface area contributed by atoms with Gasteiger partial charge in [0.2, 0.25) is 0 Å². The Morgan fingerprint density at radius 2 is 1.55 bits per heavy atom. The van der Waals surface area contributed by atoms with Crippen molar-refractivity contribution in [1.29, 1.82) is 0 Å². The van der Waals surface area contributed by atoms with Gasteiger partial charge in [0.15, 0.2) is 0 Å². The fourth-order valence-corrected chi connectivity index (χ4v) is 7.85. The standard InChI is InChI=1S/C31H58/c1-9-20-29(4,5)24-30(6,7)28-18-14-15-26(22-28)19-21-31(8,23-25(3)10-2)27-16-12-11-13-17-27/h9,25-28H,1,10-24H2,2-8H3. The molecular weight excluding hydrogens is 372 g/mol. The first-order chi connectivity index (χ1) is 14.5. The lowest BCUT2D eigenvalue weighted by Gasteiger charge is -2.46. The zero-order chi connectivity index (χ0) is 23.1. The van der Waals surface area contributed by atoms with Crippen LogP contribution in [0.15, 0.2) is 12.7 Å². The lowest BCUT2D eigenvalue weighted by atomic mass is 9.60. The van der Waals surface area contributed by atoms with Gasteiger partial charge in [0.05, 0.1) is 0 Å². The van der Waals surface area contributed by atoms with Crippen molar-refractivity contribution in [3.8, 4) is 0 Å². The SMILES string of the molecule is C=CCC(C)(C)CC(C)(C)C1CCCC(CCC(C)(CC(C)CC)C2CCCCC2)C1. The summed E-state index contributed by atoms with van der Waals surface area (Å²) in [6.45, 7) is 21.6. The second-order valence-electron chi connectivity index (χ2n) is 13.8. The first-order valence-electron chi connectivity index (χ1n) is 14.1. The Morgan fingerprint density at radius 3 is 2.16 bits per heavy atom. The molecule has 0 bridgehead atoms. The van der Waals surface area contributed by atoms with Crippen LogP contribution in [0.2, 0.25) is 0 Å². The summed E-state index contributed by atoms with van der Waals surface area (Å²) in [5, 5.41) is 0. The van der Waals surface area contributed by atoms with Gasteiger partial charge in [-0.1, -0.05) is 93.1 Å². The molecule has 4 unspecified atom stereocenters. The molecule has 0 radical (unpaired) electrons. The fourth-order valence-electron chi connectivity index (χ4n) is 7.85. The molecule has 0 aromatic rings. The van der Waals surface area contributed by atoms with Crippen LogP contribution in [0, 0.1) is 39.9 Å². The van der Waals surface area contributed by atoms with E-state index in [1.807, 2.05) is 0 Å². The molecule has 2 aliphatic rings. The Hall–Kier alpha value is -0.260. The lowest BCUT2D eigenvalue weighted by molar-refractivity contribution is 0.0539. The zero-order valence-electron chi connectivity index (χ0n) is 22.7. The molecule has 2 rings (SSSR count). The normalized spacial score (nSPS) is 26.9. The topological polar surface area (TPSA) is 0 Å². The Morgan fingerprint density at radius 1 is 0.903 bits per heavy atom. The molecule has 0 saturated heterocycles. The van der Waals surface area contributed by atoms with Gasteiger partial charge in [0, 0.05) is 0 Å². The largest absolute Gasteiger partial charge is 0.103 e. The molecule has 4 atom stereocenters. The van der Waals surface area contributed by atoms with E-state index in [2.05, 4.69) is 61.1 Å². The van der Waals surface area contributed by atoms with E-state index in [1.54, 1.807) is 0 Å². The monoisotopic (exact) mass is 430 g/mol. The Bertz CT molecular complexity index is 520. The quantitative estimate of drug-likeness (QED) is 0.270. The van der Waals surface area contributed by atoms with E-state index in [9.17, 15) is 0 Å². The molecule has 0 heterocycles. The van der Waals surface area contributed by atoms with E-state index in [4.69, 9.17) is 0 Å². The second kappa shape index (κ2) is 11.7. The third kappa shape index (κ3) is 8.23. The molecule has 182 valence electrons. The van der Waals surface area contributed by atoms with Crippen molar-refractivity contribution in [2.75, 3.05) is 0 Å². The van der Waals surface area contributed by atoms with Gasteiger partial charge < -0.3 is 0 Å². The summed E-state index contributed by atoms with van der Waals surface area (Å²) in [5.41, 5.74) is 1.42. The highest BCUT2D eigenvalue weighted by atomic mass is 14.4. The van der Waals surface area contributed by atoms with E-state index in [-0.39, 0.29) is 0 Å². The zero-order valence-corrected chi connectivity index (χ0v) is 22.7. The van der Waals surface area contributed by atoms with Crippen LogP contribution in [0.1, 0.15) is 145 Å². The van der Waals surface area contributed by atoms with Crippen LogP contribution in [-0.4, -0.2) is 0 Å². The van der Waals surface area contributed by atoms with Crippen LogP contribution in [-0.2, 0) is 0 Å². The van der Waals surface area contributed by atoms with Crippen LogP contribution < -0.4 is 0 Å². The van der Waals surface area contributed by atoms with Crippen LogP contribution in [0.4, 0.5) is 0 Å². The third-order valence-corrected chi connectivity index (χ3v) is 9.75. The van der Waals surface area contributed by atoms with Crippen LogP contribution in [0.3, 0.4) is 0 Å². The van der Waals surface area contributed by atoms with E-state index in [0.29, 0.717) is 16.2 Å². The molecule has 0 aliphatic heterocycles. The summed E-state index contributed by atoms with van der Waals surface area (Å²) in [6.07, 6.45) is 23.8. The van der Waals surface area contributed by atoms with E-state index >= 15 is 0 Å². The molecule has 2 fully saturated rings. The first kappa shape index (κ1) is 27.0. The number of hydrogen-bond acceptors (Lipinski definition) is 0. The average Bonchev–Trinajstić information content (AvgIpc) is 2.72. The summed E-state index contributed by atoms with van der Waals surface area (Å²) in [4.78, 5) is 0. The first-order valence-corrected chi connectivity index (χ1v) is 14.1. The van der Waals surface area contributed by atoms with E-state index in [1.165, 1.54) is 89.9 Å². The van der Waals surface area contributed by atoms with Crippen molar-refractivity contribution >= 4 is 0 Å². The smallest absolute Gasteiger partial charge is 0.0295 e. The van der Waals surface area contributed by atoms with Crippen LogP contribution in [0.5, 0.6) is 0 Å². The van der Waals surface area contributed by atoms with Gasteiger partial charge in [-0.05, 0) is 97.7 Å². The van der Waals surface area contributed by atoms with Gasteiger partial charge in [-0.25, -0.2) is 0 Å². The molecule has 0 amide bonds. The van der Waals surface area contributed by atoms with E-state index < -0.39 is 0 Å². The second-order valence-corrected chi connectivity index (χ2v) is 13.8. The molecule has 0 heteroatoms. The maximum Gasteiger partial charge on any atom is -0.0295 e. The number of allylic oxidation sites excluding steroid dienone is 1. The van der Waals surface area contributed by atoms with Crippen molar-refractivity contribution in [3.63, 3.8) is 0 Å². The summed E-state index contributed by atoms with van der Waals surface area (Å²) >= 11 is 0. The minimum Gasteiger partial charge on any atom is -0.103 e. The van der Waals surface area contributed by atoms with Gasteiger partial charge in [-0.2, -0.15) is 0 Å². The van der Waals surface area contributed by atoms with Crippen LogP contribution >= 0.6 is 0 Å². The highest BCUT2D eigenvalue weighted by Gasteiger charge is 2.39. The van der Waals surface area contributed by atoms with Crippen molar-refractivity contribution in [1.82, 2.24) is 0 Å². The summed E-state index contributed by atoms with van der Waals surface area (Å²) in [6, 6.07) is 0. The third-order valence-electron chi connectivity index (χ3n) is 9.75. The lowest BCUT2D eigenvalue weighted by Crippen LogP contribution is -2.35. The fraction of sp³-hybridized carbons (Fsp3) is 0.935. The molecule has 31 heavy (non-hydrogen) atoms. The van der Waals surface area contributed by atoms with Gasteiger partial charge >= 0.3 is 0 Å². The summed E-state index contributed by atoms with van der Waals surface area (Å²) < 4.78 is 0. The predicted octanol–water partition coefficient (Wildman–Crippen LogP) is 10.6. The maximum atomic E-state index is 4.01. The number of rotatable bonds is 12. The maximum absolute atomic E-state index is 4.01. The van der Waals surface area contributed by atoms with Crippen molar-refractivity contribution in [3.05, 3.63) is 12.7 Å². The van der Waals surface area contributed by atoms with Gasteiger partial charge in [0.25, 0.3) is 0 Å². The van der Waals surface area contributed by atoms with Gasteiger partial charge in [-0.3, -0.25) is 0 Å². The molecule has 2 aliphatic carbocycles. The average molecular weight is 431 g/mol. The van der Waals surface area contributed by atoms with Gasteiger partial charge in [0.1, 0.15) is 0 Å². The minimum absolute atomic E-state index is 0.383. The highest BCUT2D eigenvalue weighted by molar-refractivity contribution is 4.92. The van der Waals surface area contributed by atoms with E-state index in [0.717, 1.165) is 30.1 Å². The minimum atomic E-state index is 0.383. The molecule has 0 N–H and O–H groups in total. The summed E-state index contributed by atoms with van der Waals surface area (Å²) in [7, 11) is 0. The molecule has 0 aromatic heterocycles. The Labute approximate surface area is 197 Å². The molecular formula is C31H58. The van der Waals surface area contributed by atoms with Crippen molar-refractivity contribution in [2.45, 2.75) is 145 Å². The Kier molecular flexibility index (Phi) is 10.2. The Balaban J connectivity index is 1.99. The van der Waals surface area contributed by atoms with Crippen molar-refractivity contribution < 1.29 is 0 Å². The highest BCUT2D eigenvalue weighted by Crippen LogP contribution is 2.51. The predicted molar refractivity (Wildman–Crippen MR) is 140 cm³/mol. The van der Waals surface area contributed by atoms with Crippen molar-refractivity contribution in [2.24, 2.45) is 39.9 Å². The molecule has 0 spiro atoms. The molecule has 0 nitrogen and oxygen atoms in total. The summed E-state index contributed by atoms with van der Waals surface area (Å²) in [5.74, 6) is 3.76. The molecule has 0 aromatic carbocycles. The molecule has 2 saturated carbocycles. The number of hydrogen-bond donors (Lipinski definition) is 0. The van der Waals surface area contributed by atoms with Gasteiger partial charge in [-0.15, -0.1) is 6.58 Å².